The number of rotatable bonds is 1. The minimum Gasteiger partial charge on any atom is -0.316 e. The minimum atomic E-state index is -4.44. The molecule has 1 fully saturated rings. The van der Waals surface area contributed by atoms with Crippen LogP contribution in [0.1, 0.15) is 30.1 Å². The van der Waals surface area contributed by atoms with Crippen LogP contribution in [0.25, 0.3) is 5.78 Å². The molecule has 20 heavy (non-hydrogen) atoms. The van der Waals surface area contributed by atoms with Crippen LogP contribution in [0.3, 0.4) is 0 Å². The van der Waals surface area contributed by atoms with Gasteiger partial charge >= 0.3 is 6.18 Å². The molecule has 0 aliphatic carbocycles. The number of hydrogen-bond donors (Lipinski definition) is 1. The summed E-state index contributed by atoms with van der Waals surface area (Å²) in [6, 6.07) is 1.15. The fourth-order valence-electron chi connectivity index (χ4n) is 2.49. The highest BCUT2D eigenvalue weighted by Gasteiger charge is 2.34. The van der Waals surface area contributed by atoms with Gasteiger partial charge in [0, 0.05) is 30.6 Å². The van der Waals surface area contributed by atoms with E-state index in [0.29, 0.717) is 12.2 Å². The van der Waals surface area contributed by atoms with Crippen LogP contribution in [0, 0.1) is 0 Å². The smallest absolute Gasteiger partial charge is 0.316 e. The van der Waals surface area contributed by atoms with Gasteiger partial charge in [0.15, 0.2) is 0 Å². The molecule has 1 aliphatic rings. The standard InChI is InChI=1S/C12H13F3N4.ClH/c13-12(14,15)10-6-9(8-2-1-3-16-7-8)19-5-4-17-11(19)18-10;/h4-6,8,16H,1-3,7H2;1H. The molecule has 0 amide bonds. The quantitative estimate of drug-likeness (QED) is 0.881. The number of imidazole rings is 1. The SMILES string of the molecule is Cl.FC(F)(F)c1cc(C2CCCNC2)n2ccnc2n1. The maximum Gasteiger partial charge on any atom is 0.433 e. The molecule has 1 atom stereocenters. The van der Waals surface area contributed by atoms with Crippen molar-refractivity contribution in [1.29, 1.82) is 0 Å². The minimum absolute atomic E-state index is 0. The highest BCUT2D eigenvalue weighted by Crippen LogP contribution is 2.31. The lowest BCUT2D eigenvalue weighted by Crippen LogP contribution is -2.29. The van der Waals surface area contributed by atoms with Crippen LogP contribution in [0.4, 0.5) is 13.2 Å². The lowest BCUT2D eigenvalue weighted by Gasteiger charge is -2.24. The average molecular weight is 307 g/mol. The number of hydrogen-bond acceptors (Lipinski definition) is 3. The maximum absolute atomic E-state index is 12.9. The molecule has 1 unspecified atom stereocenters. The lowest BCUT2D eigenvalue weighted by atomic mass is 9.95. The van der Waals surface area contributed by atoms with Gasteiger partial charge in [-0.2, -0.15) is 13.2 Å². The number of alkyl halides is 3. The molecule has 0 radical (unpaired) electrons. The van der Waals surface area contributed by atoms with Crippen LogP contribution >= 0.6 is 12.4 Å². The van der Waals surface area contributed by atoms with Gasteiger partial charge in [0.05, 0.1) is 0 Å². The van der Waals surface area contributed by atoms with Gasteiger partial charge in [-0.3, -0.25) is 4.40 Å². The predicted octanol–water partition coefficient (Wildman–Crippen LogP) is 2.64. The normalized spacial score (nSPS) is 19.9. The fourth-order valence-corrected chi connectivity index (χ4v) is 2.49. The first-order chi connectivity index (χ1) is 9.05. The highest BCUT2D eigenvalue weighted by atomic mass is 35.5. The van der Waals surface area contributed by atoms with Gasteiger partial charge in [-0.1, -0.05) is 0 Å². The van der Waals surface area contributed by atoms with Crippen molar-refractivity contribution in [1.82, 2.24) is 19.7 Å². The third kappa shape index (κ3) is 2.73. The summed E-state index contributed by atoms with van der Waals surface area (Å²) in [6.07, 6.45) is 0.533. The Morgan fingerprint density at radius 3 is 2.80 bits per heavy atom. The maximum atomic E-state index is 12.9. The van der Waals surface area contributed by atoms with Crippen LogP contribution in [0.15, 0.2) is 18.5 Å². The van der Waals surface area contributed by atoms with Crippen LogP contribution < -0.4 is 5.32 Å². The number of piperidine rings is 1. The molecule has 0 saturated carbocycles. The van der Waals surface area contributed by atoms with Crippen molar-refractivity contribution in [2.24, 2.45) is 0 Å². The Kier molecular flexibility index (Phi) is 4.19. The third-order valence-electron chi connectivity index (χ3n) is 3.41. The first-order valence-corrected chi connectivity index (χ1v) is 6.17. The molecular weight excluding hydrogens is 293 g/mol. The van der Waals surface area contributed by atoms with Gasteiger partial charge in [-0.15, -0.1) is 12.4 Å². The Bertz CT molecular complexity index is 590. The van der Waals surface area contributed by atoms with Crippen molar-refractivity contribution in [3.05, 3.63) is 29.8 Å². The summed E-state index contributed by atoms with van der Waals surface area (Å²) in [5.74, 6) is 0.171. The molecule has 4 nitrogen and oxygen atoms in total. The van der Waals surface area contributed by atoms with Crippen molar-refractivity contribution in [3.8, 4) is 0 Å². The van der Waals surface area contributed by atoms with Crippen molar-refractivity contribution < 1.29 is 13.2 Å². The number of nitrogens with one attached hydrogen (secondary N) is 1. The van der Waals surface area contributed by atoms with Gasteiger partial charge in [-0.25, -0.2) is 9.97 Å². The molecule has 1 aliphatic heterocycles. The van der Waals surface area contributed by atoms with Gasteiger partial charge in [0.25, 0.3) is 0 Å². The Balaban J connectivity index is 0.00000147. The summed E-state index contributed by atoms with van der Waals surface area (Å²) in [7, 11) is 0. The Hall–Kier alpha value is -1.34. The monoisotopic (exact) mass is 306 g/mol. The zero-order valence-corrected chi connectivity index (χ0v) is 11.3. The molecule has 0 spiro atoms. The largest absolute Gasteiger partial charge is 0.433 e. The van der Waals surface area contributed by atoms with Crippen LogP contribution in [0.5, 0.6) is 0 Å². The van der Waals surface area contributed by atoms with Crippen molar-refractivity contribution >= 4 is 18.2 Å². The number of nitrogens with zero attached hydrogens (tertiary/aromatic N) is 3. The Labute approximate surface area is 119 Å². The van der Waals surface area contributed by atoms with E-state index < -0.39 is 11.9 Å². The van der Waals surface area contributed by atoms with Crippen molar-refractivity contribution in [2.45, 2.75) is 24.9 Å². The predicted molar refractivity (Wildman–Crippen MR) is 70.1 cm³/mol. The van der Waals surface area contributed by atoms with E-state index in [4.69, 9.17) is 0 Å². The van der Waals surface area contributed by atoms with Gasteiger partial charge < -0.3 is 5.32 Å². The summed E-state index contributed by atoms with van der Waals surface area (Å²) >= 11 is 0. The second-order valence-electron chi connectivity index (χ2n) is 4.70. The van der Waals surface area contributed by atoms with E-state index in [-0.39, 0.29) is 24.1 Å². The summed E-state index contributed by atoms with van der Waals surface area (Å²) in [4.78, 5) is 7.45. The Morgan fingerprint density at radius 1 is 1.35 bits per heavy atom. The molecule has 1 saturated heterocycles. The Morgan fingerprint density at radius 2 is 2.15 bits per heavy atom. The summed E-state index contributed by atoms with van der Waals surface area (Å²) in [5, 5.41) is 3.21. The first-order valence-electron chi connectivity index (χ1n) is 6.17. The molecule has 0 aromatic carbocycles. The van der Waals surface area contributed by atoms with Gasteiger partial charge in [0.1, 0.15) is 5.69 Å². The van der Waals surface area contributed by atoms with E-state index in [1.165, 1.54) is 6.20 Å². The molecule has 3 rings (SSSR count). The summed E-state index contributed by atoms with van der Waals surface area (Å²) < 4.78 is 40.2. The zero-order chi connectivity index (χ0) is 13.5. The topological polar surface area (TPSA) is 42.2 Å². The summed E-state index contributed by atoms with van der Waals surface area (Å²) in [6.45, 7) is 1.61. The molecule has 8 heteroatoms. The van der Waals surface area contributed by atoms with Crippen LogP contribution in [0.2, 0.25) is 0 Å². The van der Waals surface area contributed by atoms with Gasteiger partial charge in [0.2, 0.25) is 5.78 Å². The molecule has 3 heterocycles. The third-order valence-corrected chi connectivity index (χ3v) is 3.41. The molecule has 1 N–H and O–H groups in total. The van der Waals surface area contributed by atoms with Crippen LogP contribution in [-0.2, 0) is 6.18 Å². The first kappa shape index (κ1) is 15.1. The molecule has 2 aromatic rings. The average Bonchev–Trinajstić information content (AvgIpc) is 2.85. The van der Waals surface area contributed by atoms with E-state index in [1.54, 1.807) is 10.6 Å². The molecule has 110 valence electrons. The van der Waals surface area contributed by atoms with E-state index in [1.807, 2.05) is 0 Å². The fraction of sp³-hybridized carbons (Fsp3) is 0.500. The summed E-state index contributed by atoms with van der Waals surface area (Å²) in [5.41, 5.74) is -0.242. The van der Waals surface area contributed by atoms with Crippen molar-refractivity contribution in [3.63, 3.8) is 0 Å². The van der Waals surface area contributed by atoms with Crippen molar-refractivity contribution in [2.75, 3.05) is 13.1 Å². The second-order valence-corrected chi connectivity index (χ2v) is 4.70. The zero-order valence-electron chi connectivity index (χ0n) is 10.5. The number of halogens is 4. The molecule has 2 aromatic heterocycles. The number of aromatic nitrogens is 3. The molecular formula is C12H14ClF3N4. The lowest BCUT2D eigenvalue weighted by molar-refractivity contribution is -0.141. The van der Waals surface area contributed by atoms with E-state index >= 15 is 0 Å². The highest BCUT2D eigenvalue weighted by molar-refractivity contribution is 5.85. The van der Waals surface area contributed by atoms with Crippen LogP contribution in [-0.4, -0.2) is 27.5 Å². The molecule has 0 bridgehead atoms. The number of fused-ring (bicyclic) bond motifs is 1. The van der Waals surface area contributed by atoms with E-state index in [0.717, 1.165) is 25.5 Å². The van der Waals surface area contributed by atoms with Gasteiger partial charge in [-0.05, 0) is 25.5 Å². The van der Waals surface area contributed by atoms with E-state index in [2.05, 4.69) is 15.3 Å². The second kappa shape index (κ2) is 5.57. The van der Waals surface area contributed by atoms with E-state index in [9.17, 15) is 13.2 Å².